The van der Waals surface area contributed by atoms with Crippen LogP contribution in [0.3, 0.4) is 0 Å². The Labute approximate surface area is 139 Å². The number of methoxy groups -OCH3 is 2. The van der Waals surface area contributed by atoms with Gasteiger partial charge in [-0.25, -0.2) is 4.79 Å². The summed E-state index contributed by atoms with van der Waals surface area (Å²) in [5.41, 5.74) is 0.988. The molecule has 0 amide bonds. The predicted molar refractivity (Wildman–Crippen MR) is 84.8 cm³/mol. The summed E-state index contributed by atoms with van der Waals surface area (Å²) in [6.45, 7) is 3.37. The third-order valence-corrected chi connectivity index (χ3v) is 3.94. The molecule has 0 aliphatic carbocycles. The zero-order chi connectivity index (χ0) is 17.7. The molecule has 0 bridgehead atoms. The minimum atomic E-state index is -0.617. The van der Waals surface area contributed by atoms with E-state index in [1.807, 2.05) is 5.32 Å². The molecule has 2 aromatic rings. The molecule has 0 saturated carbocycles. The summed E-state index contributed by atoms with van der Waals surface area (Å²) in [6.07, 6.45) is -0.158. The monoisotopic (exact) mass is 335 g/mol. The molecule has 0 fully saturated rings. The summed E-state index contributed by atoms with van der Waals surface area (Å²) < 4.78 is 15.0. The Balaban J connectivity index is 2.47. The molecule has 1 aromatic heterocycles. The number of aryl methyl sites for hydroxylation is 1. The molecule has 1 aromatic carbocycles. The minimum absolute atomic E-state index is 0.158. The van der Waals surface area contributed by atoms with Gasteiger partial charge in [-0.3, -0.25) is 4.79 Å². The van der Waals surface area contributed by atoms with Crippen molar-refractivity contribution in [1.29, 1.82) is 0 Å². The summed E-state index contributed by atoms with van der Waals surface area (Å²) >= 11 is 0. The van der Waals surface area contributed by atoms with Crippen molar-refractivity contribution in [2.45, 2.75) is 19.9 Å². The first-order chi connectivity index (χ1) is 11.5. The van der Waals surface area contributed by atoms with E-state index < -0.39 is 11.6 Å². The zero-order valence-electron chi connectivity index (χ0n) is 14.0. The number of benzene rings is 1. The van der Waals surface area contributed by atoms with Crippen molar-refractivity contribution in [2.75, 3.05) is 27.4 Å². The zero-order valence-corrected chi connectivity index (χ0v) is 14.0. The molecule has 2 N–H and O–H groups in total. The first-order valence-corrected chi connectivity index (χ1v) is 7.62. The number of quaternary nitrogens is 1. The Morgan fingerprint density at radius 2 is 2.04 bits per heavy atom. The van der Waals surface area contributed by atoms with Gasteiger partial charge in [0, 0.05) is 18.1 Å². The van der Waals surface area contributed by atoms with Crippen molar-refractivity contribution >= 4 is 16.9 Å². The van der Waals surface area contributed by atoms with Gasteiger partial charge in [0.05, 0.1) is 32.2 Å². The number of carbonyl (C=O) groups excluding carboxylic acids is 1. The molecule has 2 rings (SSSR count). The van der Waals surface area contributed by atoms with Crippen molar-refractivity contribution in [3.05, 3.63) is 39.2 Å². The van der Waals surface area contributed by atoms with Crippen LogP contribution >= 0.6 is 0 Å². The van der Waals surface area contributed by atoms with Gasteiger partial charge in [0.2, 0.25) is 0 Å². The average Bonchev–Trinajstić information content (AvgIpc) is 2.56. The fourth-order valence-corrected chi connectivity index (χ4v) is 2.55. The second-order valence-corrected chi connectivity index (χ2v) is 5.44. The Morgan fingerprint density at radius 3 is 2.71 bits per heavy atom. The number of rotatable bonds is 7. The van der Waals surface area contributed by atoms with E-state index in [2.05, 4.69) is 4.74 Å². The smallest absolute Gasteiger partial charge is 0.340 e. The van der Waals surface area contributed by atoms with E-state index in [9.17, 15) is 14.7 Å². The lowest BCUT2D eigenvalue weighted by Crippen LogP contribution is -2.83. The molecule has 0 unspecified atom stereocenters. The molecule has 0 aliphatic heterocycles. The molecule has 7 heteroatoms. The third kappa shape index (κ3) is 3.74. The highest BCUT2D eigenvalue weighted by Gasteiger charge is 2.17. The highest BCUT2D eigenvalue weighted by Crippen LogP contribution is 2.27. The first kappa shape index (κ1) is 18.0. The van der Waals surface area contributed by atoms with Crippen LogP contribution in [0.4, 0.5) is 0 Å². The normalized spacial score (nSPS) is 11.0. The summed E-state index contributed by atoms with van der Waals surface area (Å²) in [6, 6.07) is 3.08. The Bertz CT molecular complexity index is 796. The van der Waals surface area contributed by atoms with E-state index in [0.717, 1.165) is 0 Å². The van der Waals surface area contributed by atoms with Crippen LogP contribution in [0.5, 0.6) is 5.75 Å². The number of nitrogens with two attached hydrogens (primary N) is 1. The minimum Gasteiger partial charge on any atom is -0.872 e. The summed E-state index contributed by atoms with van der Waals surface area (Å²) in [5, 5.41) is 14.7. The quantitative estimate of drug-likeness (QED) is 0.419. The second kappa shape index (κ2) is 7.94. The average molecular weight is 335 g/mol. The SMILES string of the molecule is COCC[NH2+]Cc1c([O-])ccc2c(C)c(CC(=O)OC)c(=O)oc12. The second-order valence-electron chi connectivity index (χ2n) is 5.44. The highest BCUT2D eigenvalue weighted by atomic mass is 16.5. The number of carbonyl (C=O) groups is 1. The van der Waals surface area contributed by atoms with Crippen LogP contribution in [0.1, 0.15) is 16.7 Å². The summed E-state index contributed by atoms with van der Waals surface area (Å²) in [7, 11) is 2.87. The van der Waals surface area contributed by atoms with Gasteiger partial charge in [-0.2, -0.15) is 0 Å². The van der Waals surface area contributed by atoms with E-state index in [0.29, 0.717) is 36.2 Å². The maximum Gasteiger partial charge on any atom is 0.340 e. The van der Waals surface area contributed by atoms with Crippen LogP contribution < -0.4 is 16.0 Å². The number of fused-ring (bicyclic) bond motifs is 1. The van der Waals surface area contributed by atoms with Crippen molar-refractivity contribution < 1.29 is 29.1 Å². The molecule has 24 heavy (non-hydrogen) atoms. The topological polar surface area (TPSA) is 105 Å². The molecule has 0 aliphatic rings. The van der Waals surface area contributed by atoms with Crippen molar-refractivity contribution in [2.24, 2.45) is 0 Å². The van der Waals surface area contributed by atoms with E-state index in [1.54, 1.807) is 20.1 Å². The van der Waals surface area contributed by atoms with E-state index >= 15 is 0 Å². The highest BCUT2D eigenvalue weighted by molar-refractivity contribution is 5.86. The Morgan fingerprint density at radius 1 is 1.29 bits per heavy atom. The molecule has 0 atom stereocenters. The molecule has 0 radical (unpaired) electrons. The van der Waals surface area contributed by atoms with Gasteiger partial charge in [0.15, 0.2) is 0 Å². The molecular weight excluding hydrogens is 314 g/mol. The number of hydrogen-bond acceptors (Lipinski definition) is 6. The van der Waals surface area contributed by atoms with Crippen LogP contribution in [0.15, 0.2) is 21.3 Å². The van der Waals surface area contributed by atoms with E-state index in [4.69, 9.17) is 9.15 Å². The molecule has 7 nitrogen and oxygen atoms in total. The van der Waals surface area contributed by atoms with Crippen molar-refractivity contribution in [3.63, 3.8) is 0 Å². The van der Waals surface area contributed by atoms with Crippen LogP contribution in [-0.2, 0) is 27.2 Å². The fourth-order valence-electron chi connectivity index (χ4n) is 2.55. The van der Waals surface area contributed by atoms with Gasteiger partial charge < -0.3 is 24.3 Å². The van der Waals surface area contributed by atoms with Gasteiger partial charge in [-0.05, 0) is 12.5 Å². The molecule has 130 valence electrons. The number of esters is 1. The van der Waals surface area contributed by atoms with Gasteiger partial charge in [0.25, 0.3) is 0 Å². The predicted octanol–water partition coefficient (Wildman–Crippen LogP) is -0.400. The van der Waals surface area contributed by atoms with Gasteiger partial charge >= 0.3 is 11.6 Å². The molecule has 0 spiro atoms. The van der Waals surface area contributed by atoms with E-state index in [-0.39, 0.29) is 23.3 Å². The number of hydrogen-bond donors (Lipinski definition) is 1. The summed E-state index contributed by atoms with van der Waals surface area (Å²) in [5.74, 6) is -0.697. The first-order valence-electron chi connectivity index (χ1n) is 7.62. The van der Waals surface area contributed by atoms with Gasteiger partial charge in [-0.1, -0.05) is 17.9 Å². The maximum atomic E-state index is 12.2. The molecule has 0 saturated heterocycles. The molecular formula is C17H21NO6. The standard InChI is InChI=1S/C17H21NO6/c1-10-11-4-5-14(19)13(9-18-6-7-22-2)16(11)24-17(21)12(10)8-15(20)23-3/h4-5,18-19H,6-9H2,1-3H3. The van der Waals surface area contributed by atoms with Crippen LogP contribution in [0.25, 0.3) is 11.0 Å². The van der Waals surface area contributed by atoms with E-state index in [1.165, 1.54) is 13.2 Å². The lowest BCUT2D eigenvalue weighted by Gasteiger charge is -2.16. The largest absolute Gasteiger partial charge is 0.872 e. The lowest BCUT2D eigenvalue weighted by molar-refractivity contribution is -0.672. The third-order valence-electron chi connectivity index (χ3n) is 3.94. The molecule has 1 heterocycles. The Hall–Kier alpha value is -2.38. The van der Waals surface area contributed by atoms with Gasteiger partial charge in [-0.15, -0.1) is 0 Å². The fraction of sp³-hybridized carbons (Fsp3) is 0.412. The lowest BCUT2D eigenvalue weighted by atomic mass is 10.0. The summed E-state index contributed by atoms with van der Waals surface area (Å²) in [4.78, 5) is 23.7. The van der Waals surface area contributed by atoms with Crippen molar-refractivity contribution in [1.82, 2.24) is 0 Å². The van der Waals surface area contributed by atoms with Crippen molar-refractivity contribution in [3.8, 4) is 5.75 Å². The van der Waals surface area contributed by atoms with Gasteiger partial charge in [0.1, 0.15) is 12.1 Å². The number of ether oxygens (including phenoxy) is 2. The van der Waals surface area contributed by atoms with Crippen LogP contribution in [0, 0.1) is 6.92 Å². The Kier molecular flexibility index (Phi) is 5.94. The van der Waals surface area contributed by atoms with Crippen LogP contribution in [-0.4, -0.2) is 33.3 Å². The maximum absolute atomic E-state index is 12.2. The van der Waals surface area contributed by atoms with Crippen LogP contribution in [0.2, 0.25) is 0 Å².